The topological polar surface area (TPSA) is 41.5 Å². The zero-order valence-corrected chi connectivity index (χ0v) is 14.2. The van der Waals surface area contributed by atoms with Crippen LogP contribution in [0.3, 0.4) is 0 Å². The number of rotatable bonds is 2. The normalized spacial score (nSPS) is 13.7. The Morgan fingerprint density at radius 2 is 1.88 bits per heavy atom. The summed E-state index contributed by atoms with van der Waals surface area (Å²) >= 11 is 7.70. The van der Waals surface area contributed by atoms with Gasteiger partial charge in [-0.05, 0) is 34.7 Å². The van der Waals surface area contributed by atoms with E-state index in [9.17, 15) is 4.79 Å². The van der Waals surface area contributed by atoms with Gasteiger partial charge in [-0.25, -0.2) is 4.99 Å². The van der Waals surface area contributed by atoms with E-state index in [2.05, 4.69) is 10.3 Å². The van der Waals surface area contributed by atoms with Crippen LogP contribution in [0.15, 0.2) is 65.0 Å². The van der Waals surface area contributed by atoms with Crippen molar-refractivity contribution < 1.29 is 4.79 Å². The number of anilines is 1. The molecule has 5 heteroatoms. The van der Waals surface area contributed by atoms with Crippen LogP contribution in [0.1, 0.15) is 11.3 Å². The van der Waals surface area contributed by atoms with Crippen LogP contribution in [0.4, 0.5) is 11.4 Å². The lowest BCUT2D eigenvalue weighted by Crippen LogP contribution is -2.14. The van der Waals surface area contributed by atoms with Crippen molar-refractivity contribution in [2.24, 2.45) is 4.99 Å². The molecule has 0 bridgehead atoms. The number of benzene rings is 2. The molecule has 2 aromatic carbocycles. The molecule has 0 unspecified atom stereocenters. The second kappa shape index (κ2) is 6.23. The molecule has 2 heterocycles. The molecule has 0 aliphatic carbocycles. The van der Waals surface area contributed by atoms with Crippen molar-refractivity contribution in [2.45, 2.75) is 6.42 Å². The first-order valence-corrected chi connectivity index (χ1v) is 8.77. The minimum absolute atomic E-state index is 0.0813. The van der Waals surface area contributed by atoms with E-state index >= 15 is 0 Å². The smallest absolute Gasteiger partial charge is 0.230 e. The van der Waals surface area contributed by atoms with Gasteiger partial charge >= 0.3 is 0 Å². The molecule has 0 atom stereocenters. The summed E-state index contributed by atoms with van der Waals surface area (Å²) in [6.45, 7) is 0. The van der Waals surface area contributed by atoms with Crippen LogP contribution >= 0.6 is 22.9 Å². The first-order chi connectivity index (χ1) is 11.7. The van der Waals surface area contributed by atoms with E-state index in [-0.39, 0.29) is 12.3 Å². The molecular weight excluding hydrogens is 340 g/mol. The molecule has 0 radical (unpaired) electrons. The van der Waals surface area contributed by atoms with Gasteiger partial charge in [-0.2, -0.15) is 0 Å². The van der Waals surface area contributed by atoms with Crippen molar-refractivity contribution in [3.05, 3.63) is 69.9 Å². The quantitative estimate of drug-likeness (QED) is 0.647. The zero-order valence-electron chi connectivity index (χ0n) is 12.6. The van der Waals surface area contributed by atoms with Crippen LogP contribution in [0.25, 0.3) is 11.1 Å². The van der Waals surface area contributed by atoms with Crippen molar-refractivity contribution in [1.29, 1.82) is 0 Å². The number of amides is 1. The van der Waals surface area contributed by atoms with Crippen molar-refractivity contribution in [3.63, 3.8) is 0 Å². The SMILES string of the molecule is O=C1CC(c2sccc2Cl)=Nc2ccc(-c3ccccc3)cc2N1. The van der Waals surface area contributed by atoms with Crippen LogP contribution in [0, 0.1) is 0 Å². The van der Waals surface area contributed by atoms with Gasteiger partial charge in [0.1, 0.15) is 0 Å². The number of thiophene rings is 1. The van der Waals surface area contributed by atoms with Crippen molar-refractivity contribution >= 4 is 45.9 Å². The Balaban J connectivity index is 1.80. The molecule has 0 saturated heterocycles. The Morgan fingerprint density at radius 1 is 1.04 bits per heavy atom. The Bertz CT molecular complexity index is 947. The maximum atomic E-state index is 12.3. The highest BCUT2D eigenvalue weighted by molar-refractivity contribution is 7.13. The summed E-state index contributed by atoms with van der Waals surface area (Å²) in [4.78, 5) is 17.8. The Hall–Kier alpha value is -2.43. The lowest BCUT2D eigenvalue weighted by atomic mass is 10.0. The number of nitrogens with one attached hydrogen (secondary N) is 1. The fourth-order valence-electron chi connectivity index (χ4n) is 2.71. The number of hydrogen-bond donors (Lipinski definition) is 1. The van der Waals surface area contributed by atoms with Crippen LogP contribution in [0.2, 0.25) is 5.02 Å². The van der Waals surface area contributed by atoms with Gasteiger partial charge in [-0.3, -0.25) is 4.79 Å². The molecule has 1 aromatic heterocycles. The average molecular weight is 353 g/mol. The summed E-state index contributed by atoms with van der Waals surface area (Å²) in [7, 11) is 0. The maximum absolute atomic E-state index is 12.3. The van der Waals surface area contributed by atoms with E-state index in [4.69, 9.17) is 11.6 Å². The standard InChI is InChI=1S/C19H13ClN2OS/c20-14-8-9-24-19(14)17-11-18(23)22-16-10-13(6-7-15(16)21-17)12-4-2-1-3-5-12/h1-10H,11H2,(H,22,23). The van der Waals surface area contributed by atoms with E-state index in [0.717, 1.165) is 27.4 Å². The van der Waals surface area contributed by atoms with Crippen LogP contribution in [-0.4, -0.2) is 11.6 Å². The maximum Gasteiger partial charge on any atom is 0.230 e. The van der Waals surface area contributed by atoms with E-state index in [0.29, 0.717) is 10.7 Å². The predicted octanol–water partition coefficient (Wildman–Crippen LogP) is 5.53. The summed E-state index contributed by atoms with van der Waals surface area (Å²) in [5.74, 6) is -0.0813. The molecule has 0 spiro atoms. The van der Waals surface area contributed by atoms with E-state index in [1.807, 2.05) is 60.0 Å². The number of carbonyl (C=O) groups excluding carboxylic acids is 1. The average Bonchev–Trinajstić information content (AvgIpc) is 2.94. The van der Waals surface area contributed by atoms with Crippen LogP contribution in [0.5, 0.6) is 0 Å². The van der Waals surface area contributed by atoms with Gasteiger partial charge in [0, 0.05) is 0 Å². The lowest BCUT2D eigenvalue weighted by Gasteiger charge is -2.08. The molecule has 4 rings (SSSR count). The van der Waals surface area contributed by atoms with Crippen molar-refractivity contribution in [3.8, 4) is 11.1 Å². The van der Waals surface area contributed by atoms with Gasteiger partial charge in [0.2, 0.25) is 5.91 Å². The fraction of sp³-hybridized carbons (Fsp3) is 0.0526. The first-order valence-electron chi connectivity index (χ1n) is 7.51. The summed E-state index contributed by atoms with van der Waals surface area (Å²) < 4.78 is 0. The molecule has 0 saturated carbocycles. The third-order valence-electron chi connectivity index (χ3n) is 3.84. The van der Waals surface area contributed by atoms with Gasteiger partial charge in [-0.1, -0.05) is 48.0 Å². The van der Waals surface area contributed by atoms with Crippen molar-refractivity contribution in [2.75, 3.05) is 5.32 Å². The minimum Gasteiger partial charge on any atom is -0.324 e. The monoisotopic (exact) mass is 352 g/mol. The summed E-state index contributed by atoms with van der Waals surface area (Å²) in [5.41, 5.74) is 4.33. The molecule has 24 heavy (non-hydrogen) atoms. The third-order valence-corrected chi connectivity index (χ3v) is 5.23. The number of carbonyl (C=O) groups is 1. The molecule has 3 aromatic rings. The molecule has 1 aliphatic rings. The lowest BCUT2D eigenvalue weighted by molar-refractivity contribution is -0.115. The van der Waals surface area contributed by atoms with E-state index in [1.54, 1.807) is 0 Å². The highest BCUT2D eigenvalue weighted by Crippen LogP contribution is 2.35. The van der Waals surface area contributed by atoms with E-state index < -0.39 is 0 Å². The third kappa shape index (κ3) is 2.86. The van der Waals surface area contributed by atoms with Gasteiger partial charge in [0.05, 0.1) is 33.4 Å². The number of halogens is 1. The van der Waals surface area contributed by atoms with Crippen LogP contribution in [-0.2, 0) is 4.79 Å². The molecule has 1 amide bonds. The fourth-order valence-corrected chi connectivity index (χ4v) is 3.86. The Kier molecular flexibility index (Phi) is 3.92. The predicted molar refractivity (Wildman–Crippen MR) is 101 cm³/mol. The number of aliphatic imine (C=N–C) groups is 1. The minimum atomic E-state index is -0.0813. The summed E-state index contributed by atoms with van der Waals surface area (Å²) in [6.07, 6.45) is 0.218. The molecular formula is C19H13ClN2OS. The van der Waals surface area contributed by atoms with Gasteiger partial charge in [0.15, 0.2) is 0 Å². The highest BCUT2D eigenvalue weighted by Gasteiger charge is 2.20. The number of fused-ring (bicyclic) bond motifs is 1. The molecule has 118 valence electrons. The van der Waals surface area contributed by atoms with Crippen molar-refractivity contribution in [1.82, 2.24) is 0 Å². The van der Waals surface area contributed by atoms with E-state index in [1.165, 1.54) is 11.3 Å². The Labute approximate surface area is 148 Å². The second-order valence-electron chi connectivity index (χ2n) is 5.48. The Morgan fingerprint density at radius 3 is 2.62 bits per heavy atom. The highest BCUT2D eigenvalue weighted by atomic mass is 35.5. The molecule has 3 nitrogen and oxygen atoms in total. The first kappa shape index (κ1) is 15.1. The second-order valence-corrected chi connectivity index (χ2v) is 6.80. The molecule has 0 fully saturated rings. The van der Waals surface area contributed by atoms with Gasteiger partial charge in [0.25, 0.3) is 0 Å². The zero-order chi connectivity index (χ0) is 16.5. The largest absolute Gasteiger partial charge is 0.324 e. The summed E-state index contributed by atoms with van der Waals surface area (Å²) in [5, 5.41) is 5.49. The van der Waals surface area contributed by atoms with Gasteiger partial charge in [-0.15, -0.1) is 11.3 Å². The van der Waals surface area contributed by atoms with Crippen LogP contribution < -0.4 is 5.32 Å². The number of nitrogens with zero attached hydrogens (tertiary/aromatic N) is 1. The number of hydrogen-bond acceptors (Lipinski definition) is 3. The molecule has 1 N–H and O–H groups in total. The molecule has 1 aliphatic heterocycles. The van der Waals surface area contributed by atoms with Gasteiger partial charge < -0.3 is 5.32 Å². The summed E-state index contributed by atoms with van der Waals surface area (Å²) in [6, 6.07) is 17.8.